The molecule has 0 unspecified atom stereocenters. The van der Waals surface area contributed by atoms with Gasteiger partial charge >= 0.3 is 0 Å². The molecule has 5 heteroatoms. The van der Waals surface area contributed by atoms with Gasteiger partial charge in [0.05, 0.1) is 18.3 Å². The summed E-state index contributed by atoms with van der Waals surface area (Å²) in [5.74, 6) is 0.952. The van der Waals surface area contributed by atoms with E-state index < -0.39 is 0 Å². The number of ether oxygens (including phenoxy) is 1. The van der Waals surface area contributed by atoms with Crippen LogP contribution in [-0.2, 0) is 11.3 Å². The van der Waals surface area contributed by atoms with Crippen LogP contribution < -0.4 is 5.32 Å². The van der Waals surface area contributed by atoms with Crippen LogP contribution in [0.2, 0.25) is 0 Å². The van der Waals surface area contributed by atoms with Gasteiger partial charge in [-0.25, -0.2) is 0 Å². The monoisotopic (exact) mass is 290 g/mol. The molecule has 0 radical (unpaired) electrons. The molecule has 1 aliphatic rings. The van der Waals surface area contributed by atoms with Crippen molar-refractivity contribution in [1.82, 2.24) is 15.2 Å². The lowest BCUT2D eigenvalue weighted by molar-refractivity contribution is 0.0263. The van der Waals surface area contributed by atoms with E-state index in [1.54, 1.807) is 0 Å². The van der Waals surface area contributed by atoms with Gasteiger partial charge in [-0.15, -0.1) is 0 Å². The highest BCUT2D eigenvalue weighted by Gasteiger charge is 2.21. The predicted octanol–water partition coefficient (Wildman–Crippen LogP) is 1.97. The van der Waals surface area contributed by atoms with Crippen molar-refractivity contribution in [3.8, 4) is 0 Å². The average molecular weight is 290 g/mol. The maximum Gasteiger partial charge on any atom is 0.193 e. The summed E-state index contributed by atoms with van der Waals surface area (Å²) in [4.78, 5) is 11.2. The Morgan fingerprint density at radius 3 is 2.81 bits per heavy atom. The fourth-order valence-corrected chi connectivity index (χ4v) is 2.67. The Labute approximate surface area is 127 Å². The number of pyridine rings is 1. The van der Waals surface area contributed by atoms with Gasteiger partial charge in [0.2, 0.25) is 0 Å². The summed E-state index contributed by atoms with van der Waals surface area (Å²) in [5, 5.41) is 3.40. The van der Waals surface area contributed by atoms with E-state index in [1.807, 2.05) is 32.2 Å². The van der Waals surface area contributed by atoms with Gasteiger partial charge in [0.1, 0.15) is 0 Å². The van der Waals surface area contributed by atoms with Crippen LogP contribution >= 0.6 is 0 Å². The highest BCUT2D eigenvalue weighted by molar-refractivity contribution is 5.79. The van der Waals surface area contributed by atoms with Crippen molar-refractivity contribution in [3.05, 3.63) is 29.6 Å². The van der Waals surface area contributed by atoms with Crippen LogP contribution in [0.3, 0.4) is 0 Å². The lowest BCUT2D eigenvalue weighted by Crippen LogP contribution is -2.46. The number of nitrogens with one attached hydrogen (secondary N) is 1. The Balaban J connectivity index is 1.84. The molecule has 0 aromatic carbocycles. The van der Waals surface area contributed by atoms with E-state index in [1.165, 1.54) is 0 Å². The zero-order valence-electron chi connectivity index (χ0n) is 13.3. The number of likely N-dealkylation sites (tertiary alicyclic amines) is 1. The second kappa shape index (κ2) is 7.98. The molecule has 1 saturated heterocycles. The summed E-state index contributed by atoms with van der Waals surface area (Å²) < 4.78 is 5.69. The molecule has 1 aromatic heterocycles. The highest BCUT2D eigenvalue weighted by atomic mass is 16.5. The van der Waals surface area contributed by atoms with E-state index in [2.05, 4.69) is 27.1 Å². The fourth-order valence-electron chi connectivity index (χ4n) is 2.67. The second-order valence-electron chi connectivity index (χ2n) is 5.31. The lowest BCUT2D eigenvalue weighted by atomic mass is 10.1. The maximum atomic E-state index is 5.69. The molecule has 1 fully saturated rings. The van der Waals surface area contributed by atoms with Crippen LogP contribution in [0.1, 0.15) is 31.2 Å². The summed E-state index contributed by atoms with van der Waals surface area (Å²) in [7, 11) is 1.83. The van der Waals surface area contributed by atoms with Crippen molar-refractivity contribution in [2.75, 3.05) is 26.7 Å². The minimum absolute atomic E-state index is 0.405. The van der Waals surface area contributed by atoms with Crippen LogP contribution in [0.5, 0.6) is 0 Å². The highest BCUT2D eigenvalue weighted by Crippen LogP contribution is 2.13. The number of aromatic nitrogens is 1. The number of piperidine rings is 1. The molecular weight excluding hydrogens is 264 g/mol. The van der Waals surface area contributed by atoms with Crippen LogP contribution in [0.25, 0.3) is 0 Å². The largest absolute Gasteiger partial charge is 0.378 e. The van der Waals surface area contributed by atoms with Crippen molar-refractivity contribution >= 4 is 5.96 Å². The third kappa shape index (κ3) is 4.70. The number of aryl methyl sites for hydroxylation is 1. The van der Waals surface area contributed by atoms with E-state index in [4.69, 9.17) is 4.74 Å². The average Bonchev–Trinajstić information content (AvgIpc) is 2.50. The van der Waals surface area contributed by atoms with Gasteiger partial charge < -0.3 is 15.0 Å². The quantitative estimate of drug-likeness (QED) is 0.680. The van der Waals surface area contributed by atoms with E-state index >= 15 is 0 Å². The standard InChI is InChI=1S/C16H26N4O/c1-4-21-15-8-10-20(11-9-15)16(17-3)18-12-14-7-5-6-13(2)19-14/h5-7,15H,4,8-12H2,1-3H3,(H,17,18). The molecule has 0 spiro atoms. The number of hydrogen-bond donors (Lipinski definition) is 1. The molecule has 1 N–H and O–H groups in total. The summed E-state index contributed by atoms with van der Waals surface area (Å²) >= 11 is 0. The first-order valence-electron chi connectivity index (χ1n) is 7.72. The number of hydrogen-bond acceptors (Lipinski definition) is 3. The van der Waals surface area contributed by atoms with E-state index in [-0.39, 0.29) is 0 Å². The second-order valence-corrected chi connectivity index (χ2v) is 5.31. The van der Waals surface area contributed by atoms with Crippen molar-refractivity contribution in [1.29, 1.82) is 0 Å². The number of guanidine groups is 1. The fraction of sp³-hybridized carbons (Fsp3) is 0.625. The molecule has 0 amide bonds. The van der Waals surface area contributed by atoms with E-state index in [0.717, 1.165) is 49.9 Å². The van der Waals surface area contributed by atoms with Gasteiger partial charge in [0, 0.05) is 32.4 Å². The molecule has 0 saturated carbocycles. The molecule has 116 valence electrons. The Morgan fingerprint density at radius 2 is 2.19 bits per heavy atom. The summed E-state index contributed by atoms with van der Waals surface area (Å²) in [5.41, 5.74) is 2.09. The third-order valence-corrected chi connectivity index (χ3v) is 3.73. The van der Waals surface area contributed by atoms with Crippen LogP contribution in [0.15, 0.2) is 23.2 Å². The van der Waals surface area contributed by atoms with Crippen molar-refractivity contribution in [2.45, 2.75) is 39.3 Å². The molecule has 1 aromatic rings. The molecule has 0 bridgehead atoms. The van der Waals surface area contributed by atoms with Gasteiger partial charge in [0.15, 0.2) is 5.96 Å². The molecule has 1 aliphatic heterocycles. The third-order valence-electron chi connectivity index (χ3n) is 3.73. The number of nitrogens with zero attached hydrogens (tertiary/aromatic N) is 3. The van der Waals surface area contributed by atoms with Gasteiger partial charge in [-0.2, -0.15) is 0 Å². The molecule has 2 heterocycles. The summed E-state index contributed by atoms with van der Waals surface area (Å²) in [6, 6.07) is 6.08. The minimum Gasteiger partial charge on any atom is -0.378 e. The lowest BCUT2D eigenvalue weighted by Gasteiger charge is -2.34. The van der Waals surface area contributed by atoms with E-state index in [0.29, 0.717) is 12.6 Å². The first-order chi connectivity index (χ1) is 10.2. The summed E-state index contributed by atoms with van der Waals surface area (Å²) in [6.07, 6.45) is 2.54. The van der Waals surface area contributed by atoms with Crippen LogP contribution in [-0.4, -0.2) is 48.7 Å². The Kier molecular flexibility index (Phi) is 5.99. The molecular formula is C16H26N4O. The topological polar surface area (TPSA) is 49.8 Å². The van der Waals surface area contributed by atoms with Crippen molar-refractivity contribution in [2.24, 2.45) is 4.99 Å². The molecule has 21 heavy (non-hydrogen) atoms. The van der Waals surface area contributed by atoms with Gasteiger partial charge in [-0.1, -0.05) is 6.07 Å². The smallest absolute Gasteiger partial charge is 0.193 e. The Morgan fingerprint density at radius 1 is 1.43 bits per heavy atom. The first kappa shape index (κ1) is 15.8. The Bertz CT molecular complexity index is 467. The van der Waals surface area contributed by atoms with Crippen molar-refractivity contribution in [3.63, 3.8) is 0 Å². The Hall–Kier alpha value is -1.62. The number of aliphatic imine (C=N–C) groups is 1. The summed E-state index contributed by atoms with van der Waals surface area (Å²) in [6.45, 7) is 7.56. The molecule has 0 aliphatic carbocycles. The minimum atomic E-state index is 0.405. The van der Waals surface area contributed by atoms with Gasteiger partial charge in [-0.05, 0) is 38.8 Å². The number of rotatable bonds is 4. The zero-order chi connectivity index (χ0) is 15.1. The van der Waals surface area contributed by atoms with E-state index in [9.17, 15) is 0 Å². The van der Waals surface area contributed by atoms with Crippen molar-refractivity contribution < 1.29 is 4.74 Å². The normalized spacial score (nSPS) is 17.1. The zero-order valence-corrected chi connectivity index (χ0v) is 13.3. The maximum absolute atomic E-state index is 5.69. The van der Waals surface area contributed by atoms with Crippen LogP contribution in [0.4, 0.5) is 0 Å². The molecule has 2 rings (SSSR count). The van der Waals surface area contributed by atoms with Gasteiger partial charge in [0.25, 0.3) is 0 Å². The SMILES string of the molecule is CCOC1CCN(C(=NC)NCc2cccc(C)n2)CC1. The molecule has 0 atom stereocenters. The first-order valence-corrected chi connectivity index (χ1v) is 7.72. The predicted molar refractivity (Wildman–Crippen MR) is 85.4 cm³/mol. The van der Waals surface area contributed by atoms with Crippen LogP contribution in [0, 0.1) is 6.92 Å². The van der Waals surface area contributed by atoms with Gasteiger partial charge in [-0.3, -0.25) is 9.98 Å². The molecule has 5 nitrogen and oxygen atoms in total.